The zero-order valence-electron chi connectivity index (χ0n) is 13.6. The molecule has 0 fully saturated rings. The van der Waals surface area contributed by atoms with Crippen LogP contribution in [0.25, 0.3) is 0 Å². The lowest BCUT2D eigenvalue weighted by Gasteiger charge is -2.08. The topological polar surface area (TPSA) is 67.4 Å². The van der Waals surface area contributed by atoms with E-state index in [1.54, 1.807) is 7.11 Å². The maximum absolute atomic E-state index is 13.1. The molecule has 2 rings (SSSR count). The van der Waals surface area contributed by atoms with Gasteiger partial charge in [0.05, 0.1) is 13.7 Å². The summed E-state index contributed by atoms with van der Waals surface area (Å²) in [5.74, 6) is -2.44. The maximum Gasteiger partial charge on any atom is 0.251 e. The van der Waals surface area contributed by atoms with Crippen LogP contribution in [0, 0.1) is 11.6 Å². The van der Waals surface area contributed by atoms with Crippen molar-refractivity contribution in [2.45, 2.75) is 6.42 Å². The van der Waals surface area contributed by atoms with Crippen LogP contribution in [0.1, 0.15) is 15.9 Å². The van der Waals surface area contributed by atoms with Crippen LogP contribution in [0.3, 0.4) is 0 Å². The molecule has 0 saturated carbocycles. The Hall–Kier alpha value is -2.96. The highest BCUT2D eigenvalue weighted by Crippen LogP contribution is 2.12. The Morgan fingerprint density at radius 1 is 1.04 bits per heavy atom. The van der Waals surface area contributed by atoms with Gasteiger partial charge in [-0.3, -0.25) is 9.59 Å². The number of halogens is 2. The molecule has 2 aromatic rings. The van der Waals surface area contributed by atoms with Crippen molar-refractivity contribution in [3.05, 3.63) is 65.2 Å². The third-order valence-corrected chi connectivity index (χ3v) is 3.46. The van der Waals surface area contributed by atoms with E-state index >= 15 is 0 Å². The number of hydrogen-bond acceptors (Lipinski definition) is 3. The fourth-order valence-electron chi connectivity index (χ4n) is 2.14. The molecule has 0 radical (unpaired) electrons. The highest BCUT2D eigenvalue weighted by Gasteiger charge is 2.11. The molecule has 0 aromatic heterocycles. The van der Waals surface area contributed by atoms with E-state index in [1.165, 1.54) is 0 Å². The molecule has 0 aliphatic heterocycles. The molecule has 0 heterocycles. The van der Waals surface area contributed by atoms with E-state index in [9.17, 15) is 18.4 Å². The second-order valence-electron chi connectivity index (χ2n) is 5.26. The van der Waals surface area contributed by atoms with Gasteiger partial charge in [-0.05, 0) is 42.3 Å². The van der Waals surface area contributed by atoms with Gasteiger partial charge >= 0.3 is 0 Å². The molecule has 0 bridgehead atoms. The van der Waals surface area contributed by atoms with Crippen molar-refractivity contribution in [2.75, 3.05) is 20.2 Å². The lowest BCUT2D eigenvalue weighted by molar-refractivity contribution is -0.120. The van der Waals surface area contributed by atoms with Gasteiger partial charge < -0.3 is 15.4 Å². The third-order valence-electron chi connectivity index (χ3n) is 3.46. The first-order chi connectivity index (χ1) is 12.0. The van der Waals surface area contributed by atoms with Gasteiger partial charge in [-0.1, -0.05) is 12.1 Å². The van der Waals surface area contributed by atoms with Crippen LogP contribution in [-0.4, -0.2) is 32.0 Å². The molecular weight excluding hydrogens is 330 g/mol. The van der Waals surface area contributed by atoms with Crippen LogP contribution in [-0.2, 0) is 11.2 Å². The summed E-state index contributed by atoms with van der Waals surface area (Å²) in [5.41, 5.74) is 0.952. The molecular formula is C18H18F2N2O3. The average Bonchev–Trinajstić information content (AvgIpc) is 2.62. The second-order valence-corrected chi connectivity index (χ2v) is 5.26. The smallest absolute Gasteiger partial charge is 0.251 e. The van der Waals surface area contributed by atoms with E-state index in [0.717, 1.165) is 29.5 Å². The highest BCUT2D eigenvalue weighted by atomic mass is 19.2. The van der Waals surface area contributed by atoms with Crippen molar-refractivity contribution in [3.8, 4) is 5.75 Å². The zero-order valence-corrected chi connectivity index (χ0v) is 13.6. The number of carbonyl (C=O) groups excluding carboxylic acids is 2. The van der Waals surface area contributed by atoms with Crippen molar-refractivity contribution in [3.63, 3.8) is 0 Å². The number of hydrogen-bond donors (Lipinski definition) is 2. The van der Waals surface area contributed by atoms with Gasteiger partial charge in [-0.2, -0.15) is 0 Å². The minimum Gasteiger partial charge on any atom is -0.497 e. The molecule has 2 N–H and O–H groups in total. The molecule has 0 spiro atoms. The molecule has 25 heavy (non-hydrogen) atoms. The Labute approximate surface area is 144 Å². The van der Waals surface area contributed by atoms with Crippen molar-refractivity contribution >= 4 is 11.8 Å². The molecule has 7 heteroatoms. The van der Waals surface area contributed by atoms with Crippen LogP contribution in [0.5, 0.6) is 5.75 Å². The van der Waals surface area contributed by atoms with E-state index in [-0.39, 0.29) is 18.0 Å². The minimum atomic E-state index is -1.12. The Balaban J connectivity index is 1.74. The second kappa shape index (κ2) is 8.77. The first-order valence-corrected chi connectivity index (χ1v) is 7.62. The highest BCUT2D eigenvalue weighted by molar-refractivity contribution is 5.96. The van der Waals surface area contributed by atoms with Crippen LogP contribution < -0.4 is 15.4 Å². The SMILES string of the molecule is COc1cccc(CCNC(=O)CNC(=O)c2ccc(F)c(F)c2)c1. The van der Waals surface area contributed by atoms with Crippen molar-refractivity contribution in [2.24, 2.45) is 0 Å². The molecule has 2 amide bonds. The number of ether oxygens (including phenoxy) is 1. The zero-order chi connectivity index (χ0) is 18.2. The van der Waals surface area contributed by atoms with Crippen LogP contribution in [0.15, 0.2) is 42.5 Å². The molecule has 0 aliphatic carbocycles. The summed E-state index contributed by atoms with van der Waals surface area (Å²) >= 11 is 0. The number of benzene rings is 2. The molecule has 0 saturated heterocycles. The predicted molar refractivity (Wildman–Crippen MR) is 88.4 cm³/mol. The number of amides is 2. The normalized spacial score (nSPS) is 10.2. The van der Waals surface area contributed by atoms with E-state index in [2.05, 4.69) is 10.6 Å². The Morgan fingerprint density at radius 2 is 1.84 bits per heavy atom. The largest absolute Gasteiger partial charge is 0.497 e. The number of rotatable bonds is 7. The lowest BCUT2D eigenvalue weighted by atomic mass is 10.1. The summed E-state index contributed by atoms with van der Waals surface area (Å²) in [6.45, 7) is 0.142. The summed E-state index contributed by atoms with van der Waals surface area (Å²) in [5, 5.41) is 5.02. The van der Waals surface area contributed by atoms with E-state index in [0.29, 0.717) is 13.0 Å². The van der Waals surface area contributed by atoms with Crippen LogP contribution >= 0.6 is 0 Å². The number of methoxy groups -OCH3 is 1. The van der Waals surface area contributed by atoms with Gasteiger partial charge in [0.2, 0.25) is 5.91 Å². The quantitative estimate of drug-likeness (QED) is 0.805. The minimum absolute atomic E-state index is 0.0527. The summed E-state index contributed by atoms with van der Waals surface area (Å²) in [7, 11) is 1.58. The number of nitrogens with one attached hydrogen (secondary N) is 2. The standard InChI is InChI=1S/C18H18F2N2O3/c1-25-14-4-2-3-12(9-14)7-8-21-17(23)11-22-18(24)13-5-6-15(19)16(20)10-13/h2-6,9-10H,7-8,11H2,1H3,(H,21,23)(H,22,24). The first kappa shape index (κ1) is 18.4. The van der Waals surface area contributed by atoms with Crippen LogP contribution in [0.4, 0.5) is 8.78 Å². The van der Waals surface area contributed by atoms with Gasteiger partial charge in [0.25, 0.3) is 5.91 Å². The first-order valence-electron chi connectivity index (χ1n) is 7.62. The van der Waals surface area contributed by atoms with Crippen molar-refractivity contribution in [1.29, 1.82) is 0 Å². The third kappa shape index (κ3) is 5.56. The Kier molecular flexibility index (Phi) is 6.45. The van der Waals surface area contributed by atoms with Gasteiger partial charge in [0.15, 0.2) is 11.6 Å². The fraction of sp³-hybridized carbons (Fsp3) is 0.222. The molecule has 0 aliphatic rings. The molecule has 0 atom stereocenters. The summed E-state index contributed by atoms with van der Waals surface area (Å²) in [6, 6.07) is 10.3. The van der Waals surface area contributed by atoms with Crippen molar-refractivity contribution in [1.82, 2.24) is 10.6 Å². The maximum atomic E-state index is 13.1. The summed E-state index contributed by atoms with van der Waals surface area (Å²) in [4.78, 5) is 23.5. The predicted octanol–water partition coefficient (Wildman–Crippen LogP) is 2.06. The van der Waals surface area contributed by atoms with Gasteiger partial charge in [-0.15, -0.1) is 0 Å². The van der Waals surface area contributed by atoms with E-state index < -0.39 is 17.5 Å². The number of carbonyl (C=O) groups is 2. The Bertz CT molecular complexity index is 766. The molecule has 5 nitrogen and oxygen atoms in total. The van der Waals surface area contributed by atoms with Gasteiger partial charge in [-0.25, -0.2) is 8.78 Å². The summed E-state index contributed by atoms with van der Waals surface area (Å²) in [6.07, 6.45) is 0.611. The molecule has 132 valence electrons. The molecule has 2 aromatic carbocycles. The van der Waals surface area contributed by atoms with Crippen LogP contribution in [0.2, 0.25) is 0 Å². The molecule has 0 unspecified atom stereocenters. The lowest BCUT2D eigenvalue weighted by Crippen LogP contribution is -2.37. The summed E-state index contributed by atoms with van der Waals surface area (Å²) < 4.78 is 31.0. The monoisotopic (exact) mass is 348 g/mol. The Morgan fingerprint density at radius 3 is 2.56 bits per heavy atom. The van der Waals surface area contributed by atoms with E-state index in [4.69, 9.17) is 4.74 Å². The fourth-order valence-corrected chi connectivity index (χ4v) is 2.14. The van der Waals surface area contributed by atoms with Crippen molar-refractivity contribution < 1.29 is 23.1 Å². The average molecular weight is 348 g/mol. The van der Waals surface area contributed by atoms with Gasteiger partial charge in [0, 0.05) is 12.1 Å². The van der Waals surface area contributed by atoms with Gasteiger partial charge in [0.1, 0.15) is 5.75 Å². The van der Waals surface area contributed by atoms with E-state index in [1.807, 2.05) is 24.3 Å².